The molecule has 0 radical (unpaired) electrons. The predicted octanol–water partition coefficient (Wildman–Crippen LogP) is 3.00. The summed E-state index contributed by atoms with van der Waals surface area (Å²) in [5, 5.41) is 9.77. The highest BCUT2D eigenvalue weighted by Gasteiger charge is 2.36. The number of phenolic OH excluding ortho intramolecular Hbond substituents is 1. The van der Waals surface area contributed by atoms with Gasteiger partial charge in [-0.2, -0.15) is 0 Å². The van der Waals surface area contributed by atoms with Crippen molar-refractivity contribution >= 4 is 35.0 Å². The minimum Gasteiger partial charge on any atom is -0.508 e. The molecule has 0 bridgehead atoms. The van der Waals surface area contributed by atoms with Crippen LogP contribution in [0.15, 0.2) is 60.3 Å². The van der Waals surface area contributed by atoms with Crippen LogP contribution in [-0.4, -0.2) is 28.1 Å². The van der Waals surface area contributed by atoms with E-state index in [0.717, 1.165) is 11.3 Å². The second-order valence-electron chi connectivity index (χ2n) is 4.94. The molecule has 0 atom stereocenters. The van der Waals surface area contributed by atoms with Gasteiger partial charge in [0, 0.05) is 7.05 Å². The largest absolute Gasteiger partial charge is 0.508 e. The molecule has 3 rings (SSSR count). The second kappa shape index (κ2) is 5.61. The van der Waals surface area contributed by atoms with Crippen LogP contribution in [0.5, 0.6) is 5.75 Å². The summed E-state index contributed by atoms with van der Waals surface area (Å²) in [5.74, 6) is 0.0291. The Labute approximate surface area is 133 Å². The van der Waals surface area contributed by atoms with Gasteiger partial charge >= 0.3 is 0 Å². The van der Waals surface area contributed by atoms with E-state index >= 15 is 0 Å². The van der Waals surface area contributed by atoms with Crippen LogP contribution in [0.1, 0.15) is 5.56 Å². The lowest BCUT2D eigenvalue weighted by molar-refractivity contribution is -0.114. The number of carbonyl (C=O) groups excluding carboxylic acids is 1. The van der Waals surface area contributed by atoms with Gasteiger partial charge in [0.05, 0.1) is 5.69 Å². The number of benzene rings is 2. The van der Waals surface area contributed by atoms with E-state index in [1.165, 1.54) is 4.90 Å². The molecule has 1 aliphatic heterocycles. The van der Waals surface area contributed by atoms with Crippen molar-refractivity contribution < 1.29 is 9.90 Å². The molecule has 22 heavy (non-hydrogen) atoms. The monoisotopic (exact) mass is 310 g/mol. The molecule has 110 valence electrons. The first kappa shape index (κ1) is 14.3. The summed E-state index contributed by atoms with van der Waals surface area (Å²) in [6.45, 7) is 0. The molecule has 2 aromatic carbocycles. The second-order valence-corrected chi connectivity index (χ2v) is 5.30. The van der Waals surface area contributed by atoms with E-state index in [1.807, 2.05) is 30.3 Å². The van der Waals surface area contributed by atoms with E-state index in [0.29, 0.717) is 10.8 Å². The lowest BCUT2D eigenvalue weighted by atomic mass is 10.2. The number of rotatable bonds is 2. The third-order valence-corrected chi connectivity index (χ3v) is 3.93. The molecule has 1 fully saturated rings. The number of anilines is 1. The Morgan fingerprint density at radius 2 is 1.68 bits per heavy atom. The van der Waals surface area contributed by atoms with E-state index in [1.54, 1.807) is 42.3 Å². The number of nitrogens with zero attached hydrogens (tertiary/aromatic N) is 2. The number of thiocarbonyl (C=S) groups is 1. The van der Waals surface area contributed by atoms with Crippen molar-refractivity contribution in [3.8, 4) is 5.75 Å². The van der Waals surface area contributed by atoms with Gasteiger partial charge in [0.1, 0.15) is 11.4 Å². The number of carbonyl (C=O) groups is 1. The molecule has 2 aromatic rings. The summed E-state index contributed by atoms with van der Waals surface area (Å²) in [5.41, 5.74) is 2.07. The number of para-hydroxylation sites is 1. The maximum absolute atomic E-state index is 12.7. The first-order valence-corrected chi connectivity index (χ1v) is 7.16. The zero-order valence-electron chi connectivity index (χ0n) is 11.9. The SMILES string of the molecule is CN1C(=S)N(c2ccccc2)C(=O)/C1=C/c1ccc(O)cc1. The van der Waals surface area contributed by atoms with Gasteiger partial charge in [-0.05, 0) is 48.1 Å². The van der Waals surface area contributed by atoms with Crippen LogP contribution in [0.4, 0.5) is 5.69 Å². The van der Waals surface area contributed by atoms with Crippen LogP contribution in [0.2, 0.25) is 0 Å². The number of likely N-dealkylation sites (N-methyl/N-ethyl adjacent to an activating group) is 1. The topological polar surface area (TPSA) is 43.8 Å². The first-order chi connectivity index (χ1) is 10.6. The summed E-state index contributed by atoms with van der Waals surface area (Å²) in [6, 6.07) is 16.0. The Morgan fingerprint density at radius 3 is 2.32 bits per heavy atom. The van der Waals surface area contributed by atoms with Crippen LogP contribution in [0.25, 0.3) is 6.08 Å². The van der Waals surface area contributed by atoms with Crippen molar-refractivity contribution in [3.63, 3.8) is 0 Å². The van der Waals surface area contributed by atoms with Crippen molar-refractivity contribution in [3.05, 3.63) is 65.9 Å². The van der Waals surface area contributed by atoms with E-state index in [2.05, 4.69) is 0 Å². The molecule has 0 aliphatic carbocycles. The Hall–Kier alpha value is -2.66. The average Bonchev–Trinajstić information content (AvgIpc) is 2.74. The van der Waals surface area contributed by atoms with Gasteiger partial charge in [0.2, 0.25) is 0 Å². The van der Waals surface area contributed by atoms with Gasteiger partial charge in [0.25, 0.3) is 5.91 Å². The molecule has 1 amide bonds. The van der Waals surface area contributed by atoms with Crippen molar-refractivity contribution in [2.75, 3.05) is 11.9 Å². The molecule has 4 nitrogen and oxygen atoms in total. The molecule has 1 saturated heterocycles. The fourth-order valence-corrected chi connectivity index (χ4v) is 2.58. The van der Waals surface area contributed by atoms with Crippen LogP contribution < -0.4 is 4.90 Å². The number of hydrogen-bond acceptors (Lipinski definition) is 3. The average molecular weight is 310 g/mol. The van der Waals surface area contributed by atoms with Crippen LogP contribution in [-0.2, 0) is 4.79 Å². The number of hydrogen-bond donors (Lipinski definition) is 1. The minimum absolute atomic E-state index is 0.160. The highest BCUT2D eigenvalue weighted by atomic mass is 32.1. The smallest absolute Gasteiger partial charge is 0.281 e. The quantitative estimate of drug-likeness (QED) is 0.684. The highest BCUT2D eigenvalue weighted by molar-refractivity contribution is 7.80. The van der Waals surface area contributed by atoms with Gasteiger partial charge in [-0.3, -0.25) is 9.69 Å². The standard InChI is InChI=1S/C17H14N2O2S/c1-18-15(11-12-7-9-14(20)10-8-12)16(21)19(17(18)22)13-5-3-2-4-6-13/h2-11,20H,1H3/b15-11-. The highest BCUT2D eigenvalue weighted by Crippen LogP contribution is 2.27. The molecule has 0 saturated carbocycles. The van der Waals surface area contributed by atoms with Crippen molar-refractivity contribution in [1.29, 1.82) is 0 Å². The van der Waals surface area contributed by atoms with Crippen molar-refractivity contribution in [1.82, 2.24) is 4.90 Å². The first-order valence-electron chi connectivity index (χ1n) is 6.76. The van der Waals surface area contributed by atoms with Crippen molar-refractivity contribution in [2.24, 2.45) is 0 Å². The molecule has 5 heteroatoms. The molecular weight excluding hydrogens is 296 g/mol. The third kappa shape index (κ3) is 2.46. The fraction of sp³-hybridized carbons (Fsp3) is 0.0588. The Bertz CT molecular complexity index is 754. The summed E-state index contributed by atoms with van der Waals surface area (Å²) in [4.78, 5) is 15.9. The van der Waals surface area contributed by atoms with Gasteiger partial charge in [0.15, 0.2) is 5.11 Å². The Balaban J connectivity index is 1.99. The lowest BCUT2D eigenvalue weighted by Gasteiger charge is -2.16. The normalized spacial score (nSPS) is 16.7. The molecule has 1 aliphatic rings. The van der Waals surface area contributed by atoms with Crippen molar-refractivity contribution in [2.45, 2.75) is 0 Å². The molecule has 1 heterocycles. The number of aromatic hydroxyl groups is 1. The van der Waals surface area contributed by atoms with Crippen LogP contribution in [0, 0.1) is 0 Å². The predicted molar refractivity (Wildman–Crippen MR) is 90.4 cm³/mol. The summed E-state index contributed by atoms with van der Waals surface area (Å²) in [6.07, 6.45) is 1.76. The zero-order valence-corrected chi connectivity index (χ0v) is 12.7. The molecule has 0 unspecified atom stereocenters. The lowest BCUT2D eigenvalue weighted by Crippen LogP contribution is -2.30. The third-order valence-electron chi connectivity index (χ3n) is 3.47. The molecular formula is C17H14N2O2S. The maximum Gasteiger partial charge on any atom is 0.281 e. The van der Waals surface area contributed by atoms with E-state index in [4.69, 9.17) is 12.2 Å². The fourth-order valence-electron chi connectivity index (χ4n) is 2.29. The summed E-state index contributed by atoms with van der Waals surface area (Å²) >= 11 is 5.39. The van der Waals surface area contributed by atoms with Crippen LogP contribution in [0.3, 0.4) is 0 Å². The number of phenols is 1. The van der Waals surface area contributed by atoms with E-state index in [-0.39, 0.29) is 11.7 Å². The van der Waals surface area contributed by atoms with Gasteiger partial charge in [-0.25, -0.2) is 0 Å². The number of amides is 1. The van der Waals surface area contributed by atoms with Gasteiger partial charge < -0.3 is 10.0 Å². The molecule has 1 N–H and O–H groups in total. The molecule has 0 spiro atoms. The zero-order chi connectivity index (χ0) is 15.7. The van der Waals surface area contributed by atoms with Crippen LogP contribution >= 0.6 is 12.2 Å². The summed E-state index contributed by atoms with van der Waals surface area (Å²) < 4.78 is 0. The molecule has 0 aromatic heterocycles. The summed E-state index contributed by atoms with van der Waals surface area (Å²) in [7, 11) is 1.77. The van der Waals surface area contributed by atoms with E-state index in [9.17, 15) is 9.90 Å². The van der Waals surface area contributed by atoms with E-state index < -0.39 is 0 Å². The Morgan fingerprint density at radius 1 is 1.05 bits per heavy atom. The van der Waals surface area contributed by atoms with Gasteiger partial charge in [-0.15, -0.1) is 0 Å². The Kier molecular flexibility index (Phi) is 3.65. The van der Waals surface area contributed by atoms with Gasteiger partial charge in [-0.1, -0.05) is 30.3 Å². The minimum atomic E-state index is -0.160. The maximum atomic E-state index is 12.7.